The Balaban J connectivity index is 2.48. The Morgan fingerprint density at radius 3 is 1.52 bits per heavy atom. The molecule has 0 atom stereocenters. The maximum atomic E-state index is 10.6. The van der Waals surface area contributed by atoms with Crippen LogP contribution in [-0.4, -0.2) is 15.3 Å². The van der Waals surface area contributed by atoms with E-state index in [0.717, 1.165) is 37.7 Å². The van der Waals surface area contributed by atoms with Gasteiger partial charge < -0.3 is 15.3 Å². The van der Waals surface area contributed by atoms with Crippen molar-refractivity contribution >= 4 is 0 Å². The Labute approximate surface area is 179 Å². The van der Waals surface area contributed by atoms with Gasteiger partial charge in [-0.1, -0.05) is 80.1 Å². The normalized spacial score (nSPS) is 12.5. The smallest absolute Gasteiger partial charge is 0.164 e. The van der Waals surface area contributed by atoms with Crippen LogP contribution in [0, 0.1) is 10.8 Å². The predicted molar refractivity (Wildman–Crippen MR) is 124 cm³/mol. The van der Waals surface area contributed by atoms with Gasteiger partial charge in [0.2, 0.25) is 0 Å². The first-order valence-corrected chi connectivity index (χ1v) is 11.7. The molecule has 0 spiro atoms. The van der Waals surface area contributed by atoms with Gasteiger partial charge in [-0.25, -0.2) is 0 Å². The number of aromatic hydroxyl groups is 3. The van der Waals surface area contributed by atoms with E-state index in [2.05, 4.69) is 41.5 Å². The minimum atomic E-state index is -0.147. The van der Waals surface area contributed by atoms with Crippen molar-refractivity contribution in [2.45, 2.75) is 119 Å². The van der Waals surface area contributed by atoms with Crippen LogP contribution in [0.15, 0.2) is 6.07 Å². The molecule has 0 fully saturated rings. The third-order valence-corrected chi connectivity index (χ3v) is 5.66. The summed E-state index contributed by atoms with van der Waals surface area (Å²) >= 11 is 0. The van der Waals surface area contributed by atoms with Crippen LogP contribution in [-0.2, 0) is 12.8 Å². The van der Waals surface area contributed by atoms with Crippen LogP contribution in [0.2, 0.25) is 0 Å². The zero-order valence-corrected chi connectivity index (χ0v) is 19.9. The summed E-state index contributed by atoms with van der Waals surface area (Å²) in [5, 5.41) is 31.0. The van der Waals surface area contributed by atoms with Gasteiger partial charge >= 0.3 is 0 Å². The third-order valence-electron chi connectivity index (χ3n) is 5.66. The van der Waals surface area contributed by atoms with Gasteiger partial charge in [0.1, 0.15) is 5.75 Å². The average Bonchev–Trinajstić information content (AvgIpc) is 2.59. The van der Waals surface area contributed by atoms with Crippen LogP contribution in [0.25, 0.3) is 0 Å². The molecule has 3 N–H and O–H groups in total. The summed E-state index contributed by atoms with van der Waals surface area (Å²) in [7, 11) is 0. The Bertz CT molecular complexity index is 606. The van der Waals surface area contributed by atoms with Gasteiger partial charge in [-0.15, -0.1) is 0 Å². The topological polar surface area (TPSA) is 60.7 Å². The number of rotatable bonds is 12. The van der Waals surface area contributed by atoms with Gasteiger partial charge in [-0.05, 0) is 61.0 Å². The fourth-order valence-electron chi connectivity index (χ4n) is 3.82. The van der Waals surface area contributed by atoms with Crippen molar-refractivity contribution in [2.24, 2.45) is 10.8 Å². The first kappa shape index (κ1) is 25.7. The highest BCUT2D eigenvalue weighted by Crippen LogP contribution is 2.40. The summed E-state index contributed by atoms with van der Waals surface area (Å²) in [6.07, 6.45) is 12.7. The molecule has 29 heavy (non-hydrogen) atoms. The lowest BCUT2D eigenvalue weighted by atomic mass is 9.89. The van der Waals surface area contributed by atoms with E-state index in [-0.39, 0.29) is 17.2 Å². The number of unbranched alkanes of at least 4 members (excludes halogenated alkanes) is 6. The first-order valence-electron chi connectivity index (χ1n) is 11.7. The van der Waals surface area contributed by atoms with E-state index in [4.69, 9.17) is 0 Å². The van der Waals surface area contributed by atoms with Crippen molar-refractivity contribution in [3.05, 3.63) is 17.2 Å². The predicted octanol–water partition coefficient (Wildman–Crippen LogP) is 7.88. The molecule has 3 nitrogen and oxygen atoms in total. The van der Waals surface area contributed by atoms with Gasteiger partial charge in [0.15, 0.2) is 11.5 Å². The second-order valence-corrected chi connectivity index (χ2v) is 11.2. The highest BCUT2D eigenvalue weighted by molar-refractivity contribution is 5.56. The monoisotopic (exact) mass is 406 g/mol. The summed E-state index contributed by atoms with van der Waals surface area (Å²) in [5.74, 6) is -0.0657. The molecule has 0 amide bonds. The van der Waals surface area contributed by atoms with Gasteiger partial charge in [0.25, 0.3) is 0 Å². The van der Waals surface area contributed by atoms with Crippen molar-refractivity contribution in [3.63, 3.8) is 0 Å². The van der Waals surface area contributed by atoms with Crippen LogP contribution >= 0.6 is 0 Å². The van der Waals surface area contributed by atoms with Crippen molar-refractivity contribution < 1.29 is 15.3 Å². The molecule has 0 aromatic heterocycles. The van der Waals surface area contributed by atoms with E-state index in [1.807, 2.05) is 0 Å². The van der Waals surface area contributed by atoms with Crippen molar-refractivity contribution in [3.8, 4) is 17.2 Å². The number of benzene rings is 1. The zero-order valence-electron chi connectivity index (χ0n) is 19.9. The maximum Gasteiger partial charge on any atom is 0.164 e. The first-order chi connectivity index (χ1) is 13.4. The van der Waals surface area contributed by atoms with Crippen molar-refractivity contribution in [1.29, 1.82) is 0 Å². The SMILES string of the molecule is CC(C)(C)CCCCCCc1cc(O)c(O)c(CCCCCCC(C)(C)C)c1O. The molecule has 1 aromatic carbocycles. The molecule has 0 aliphatic heterocycles. The second-order valence-electron chi connectivity index (χ2n) is 11.2. The standard InChI is InChI=1S/C26H46O3/c1-25(2,3)17-13-9-7-11-15-20-19-22(27)24(29)21(23(20)28)16-12-8-10-14-18-26(4,5)6/h19,27-29H,7-18H2,1-6H3. The Morgan fingerprint density at radius 2 is 1.03 bits per heavy atom. The molecule has 0 aliphatic carbocycles. The summed E-state index contributed by atoms with van der Waals surface area (Å²) in [5.41, 5.74) is 2.05. The molecule has 0 bridgehead atoms. The molecule has 3 heteroatoms. The molecule has 0 unspecified atom stereocenters. The molecule has 0 saturated carbocycles. The van der Waals surface area contributed by atoms with Crippen LogP contribution in [0.3, 0.4) is 0 Å². The lowest BCUT2D eigenvalue weighted by molar-refractivity contribution is 0.356. The van der Waals surface area contributed by atoms with E-state index in [1.54, 1.807) is 0 Å². The molecule has 0 heterocycles. The molecule has 0 aliphatic rings. The third kappa shape index (κ3) is 10.8. The molecule has 1 aromatic rings. The zero-order chi connectivity index (χ0) is 22.1. The highest BCUT2D eigenvalue weighted by Gasteiger charge is 2.17. The fourth-order valence-corrected chi connectivity index (χ4v) is 3.82. The molecule has 0 radical (unpaired) electrons. The minimum absolute atomic E-state index is 0.103. The number of aryl methyl sites for hydroxylation is 1. The van der Waals surface area contributed by atoms with Crippen LogP contribution < -0.4 is 0 Å². The Kier molecular flexibility index (Phi) is 10.4. The van der Waals surface area contributed by atoms with Crippen molar-refractivity contribution in [2.75, 3.05) is 0 Å². The lowest BCUT2D eigenvalue weighted by Crippen LogP contribution is -2.04. The van der Waals surface area contributed by atoms with E-state index in [0.29, 0.717) is 22.8 Å². The maximum absolute atomic E-state index is 10.6. The van der Waals surface area contributed by atoms with Gasteiger partial charge in [0.05, 0.1) is 0 Å². The average molecular weight is 407 g/mol. The number of hydrogen-bond donors (Lipinski definition) is 3. The van der Waals surface area contributed by atoms with Crippen molar-refractivity contribution in [1.82, 2.24) is 0 Å². The van der Waals surface area contributed by atoms with E-state index >= 15 is 0 Å². The van der Waals surface area contributed by atoms with Gasteiger partial charge in [-0.2, -0.15) is 0 Å². The van der Waals surface area contributed by atoms with Crippen LogP contribution in [0.4, 0.5) is 0 Å². The van der Waals surface area contributed by atoms with E-state index < -0.39 is 0 Å². The minimum Gasteiger partial charge on any atom is -0.507 e. The number of phenolic OH excluding ortho intramolecular Hbond substituents is 3. The number of phenols is 3. The summed E-state index contributed by atoms with van der Waals surface area (Å²) in [4.78, 5) is 0. The van der Waals surface area contributed by atoms with Crippen LogP contribution in [0.1, 0.15) is 117 Å². The quantitative estimate of drug-likeness (QED) is 0.188. The Morgan fingerprint density at radius 1 is 0.586 bits per heavy atom. The largest absolute Gasteiger partial charge is 0.507 e. The molecule has 0 saturated heterocycles. The number of hydrogen-bond acceptors (Lipinski definition) is 3. The summed E-state index contributed by atoms with van der Waals surface area (Å²) in [6, 6.07) is 1.53. The lowest BCUT2D eigenvalue weighted by Gasteiger charge is -2.17. The molecule has 168 valence electrons. The van der Waals surface area contributed by atoms with E-state index in [1.165, 1.54) is 44.6 Å². The Hall–Kier alpha value is -1.38. The fraction of sp³-hybridized carbons (Fsp3) is 0.769. The van der Waals surface area contributed by atoms with E-state index in [9.17, 15) is 15.3 Å². The summed E-state index contributed by atoms with van der Waals surface area (Å²) in [6.45, 7) is 13.6. The second kappa shape index (κ2) is 11.7. The van der Waals surface area contributed by atoms with Crippen LogP contribution in [0.5, 0.6) is 17.2 Å². The highest BCUT2D eigenvalue weighted by atomic mass is 16.3. The summed E-state index contributed by atoms with van der Waals surface area (Å²) < 4.78 is 0. The molecule has 1 rings (SSSR count). The molecular weight excluding hydrogens is 360 g/mol. The van der Waals surface area contributed by atoms with Gasteiger partial charge in [0, 0.05) is 5.56 Å². The van der Waals surface area contributed by atoms with Gasteiger partial charge in [-0.3, -0.25) is 0 Å². The molecular formula is C26H46O3.